The highest BCUT2D eigenvalue weighted by molar-refractivity contribution is 5.74. The van der Waals surface area contributed by atoms with E-state index >= 15 is 0 Å². The number of benzene rings is 1. The minimum Gasteiger partial charge on any atom is -0.491 e. The van der Waals surface area contributed by atoms with Crippen LogP contribution in [0.15, 0.2) is 18.2 Å². The maximum atomic E-state index is 6.27. The Hall–Kier alpha value is -1.42. The molecule has 1 fully saturated rings. The van der Waals surface area contributed by atoms with E-state index < -0.39 is 0 Å². The van der Waals surface area contributed by atoms with Gasteiger partial charge >= 0.3 is 0 Å². The molecule has 0 radical (unpaired) electrons. The van der Waals surface area contributed by atoms with Gasteiger partial charge in [0.15, 0.2) is 0 Å². The summed E-state index contributed by atoms with van der Waals surface area (Å²) in [5, 5.41) is 0. The van der Waals surface area contributed by atoms with Crippen molar-refractivity contribution >= 4 is 11.4 Å². The summed E-state index contributed by atoms with van der Waals surface area (Å²) in [5.74, 6) is 0.811. The van der Waals surface area contributed by atoms with Gasteiger partial charge in [-0.3, -0.25) is 0 Å². The molecular weight excluding hydrogens is 238 g/mol. The highest BCUT2D eigenvalue weighted by Gasteiger charge is 2.23. The maximum Gasteiger partial charge on any atom is 0.144 e. The number of hydrogen-bond donors (Lipinski definition) is 1. The molecule has 0 amide bonds. The molecular formula is C15H25N3O. The molecule has 0 bridgehead atoms. The van der Waals surface area contributed by atoms with Gasteiger partial charge in [0.05, 0.1) is 18.0 Å². The molecule has 4 nitrogen and oxygen atoms in total. The molecule has 0 aromatic heterocycles. The van der Waals surface area contributed by atoms with Crippen molar-refractivity contribution in [3.63, 3.8) is 0 Å². The topological polar surface area (TPSA) is 41.7 Å². The minimum absolute atomic E-state index is 0.475. The van der Waals surface area contributed by atoms with Crippen molar-refractivity contribution in [2.45, 2.75) is 26.3 Å². The van der Waals surface area contributed by atoms with E-state index in [1.165, 1.54) is 0 Å². The second-order valence-corrected chi connectivity index (χ2v) is 5.34. The average Bonchev–Trinajstić information content (AvgIpc) is 2.38. The van der Waals surface area contributed by atoms with Crippen molar-refractivity contribution < 1.29 is 4.74 Å². The third-order valence-corrected chi connectivity index (χ3v) is 3.64. The van der Waals surface area contributed by atoms with E-state index in [0.717, 1.165) is 43.2 Å². The second-order valence-electron chi connectivity index (χ2n) is 5.34. The zero-order valence-corrected chi connectivity index (χ0v) is 12.2. The Bertz CT molecular complexity index is 422. The van der Waals surface area contributed by atoms with Crippen LogP contribution in [0.3, 0.4) is 0 Å². The quantitative estimate of drug-likeness (QED) is 0.846. The molecule has 2 rings (SSSR count). The van der Waals surface area contributed by atoms with Crippen LogP contribution in [0.5, 0.6) is 5.75 Å². The molecule has 1 atom stereocenters. The van der Waals surface area contributed by atoms with Gasteiger partial charge in [0.25, 0.3) is 0 Å². The first-order valence-corrected chi connectivity index (χ1v) is 7.10. The number of nitrogen functional groups attached to an aromatic ring is 1. The number of piperazine rings is 1. The number of rotatable bonds is 4. The van der Waals surface area contributed by atoms with Crippen LogP contribution in [0.25, 0.3) is 0 Å². The molecule has 106 valence electrons. The molecule has 4 heteroatoms. The number of para-hydroxylation sites is 1. The van der Waals surface area contributed by atoms with Crippen LogP contribution in [0.4, 0.5) is 11.4 Å². The van der Waals surface area contributed by atoms with E-state index in [2.05, 4.69) is 36.8 Å². The number of anilines is 2. The van der Waals surface area contributed by atoms with Crippen molar-refractivity contribution in [1.29, 1.82) is 0 Å². The van der Waals surface area contributed by atoms with E-state index in [1.807, 2.05) is 12.1 Å². The van der Waals surface area contributed by atoms with Gasteiger partial charge in [-0.05, 0) is 32.5 Å². The summed E-state index contributed by atoms with van der Waals surface area (Å²) >= 11 is 0. The van der Waals surface area contributed by atoms with Crippen LogP contribution in [-0.2, 0) is 0 Å². The smallest absolute Gasteiger partial charge is 0.144 e. The van der Waals surface area contributed by atoms with Crippen molar-refractivity contribution in [1.82, 2.24) is 4.90 Å². The van der Waals surface area contributed by atoms with E-state index in [4.69, 9.17) is 10.5 Å². The lowest BCUT2D eigenvalue weighted by Gasteiger charge is -2.40. The first-order valence-electron chi connectivity index (χ1n) is 7.10. The normalized spacial score (nSPS) is 20.6. The predicted octanol–water partition coefficient (Wildman–Crippen LogP) is 2.20. The predicted molar refractivity (Wildman–Crippen MR) is 80.9 cm³/mol. The standard InChI is InChI=1S/C15H25N3O/c1-4-10-19-14-7-5-6-13(15(14)16)18-9-8-17(3)11-12(18)2/h5-7,12H,4,8-11,16H2,1-3H3. The van der Waals surface area contributed by atoms with Gasteiger partial charge in [0, 0.05) is 25.7 Å². The molecule has 1 aliphatic heterocycles. The van der Waals surface area contributed by atoms with Gasteiger partial charge in [-0.25, -0.2) is 0 Å². The molecule has 1 saturated heterocycles. The fourth-order valence-electron chi connectivity index (χ4n) is 2.62. The molecule has 0 saturated carbocycles. The Kier molecular flexibility index (Phi) is 4.53. The Labute approximate surface area is 116 Å². The summed E-state index contributed by atoms with van der Waals surface area (Å²) < 4.78 is 5.71. The summed E-state index contributed by atoms with van der Waals surface area (Å²) in [6, 6.07) is 6.55. The van der Waals surface area contributed by atoms with E-state index in [9.17, 15) is 0 Å². The van der Waals surface area contributed by atoms with Crippen molar-refractivity contribution in [3.05, 3.63) is 18.2 Å². The van der Waals surface area contributed by atoms with E-state index in [1.54, 1.807) is 0 Å². The fourth-order valence-corrected chi connectivity index (χ4v) is 2.62. The highest BCUT2D eigenvalue weighted by Crippen LogP contribution is 2.34. The third-order valence-electron chi connectivity index (χ3n) is 3.64. The molecule has 1 unspecified atom stereocenters. The van der Waals surface area contributed by atoms with Crippen LogP contribution in [0.2, 0.25) is 0 Å². The van der Waals surface area contributed by atoms with Crippen LogP contribution < -0.4 is 15.4 Å². The Morgan fingerprint density at radius 2 is 2.16 bits per heavy atom. The van der Waals surface area contributed by atoms with Crippen LogP contribution in [0, 0.1) is 0 Å². The van der Waals surface area contributed by atoms with Gasteiger partial charge in [0.2, 0.25) is 0 Å². The average molecular weight is 263 g/mol. The monoisotopic (exact) mass is 263 g/mol. The second kappa shape index (κ2) is 6.15. The SMILES string of the molecule is CCCOc1cccc(N2CCN(C)CC2C)c1N. The fraction of sp³-hybridized carbons (Fsp3) is 0.600. The first kappa shape index (κ1) is 14.0. The first-order chi connectivity index (χ1) is 9.13. The molecule has 1 aromatic rings. The maximum absolute atomic E-state index is 6.27. The van der Waals surface area contributed by atoms with Gasteiger partial charge in [0.1, 0.15) is 5.75 Å². The number of hydrogen-bond acceptors (Lipinski definition) is 4. The number of ether oxygens (including phenoxy) is 1. The zero-order chi connectivity index (χ0) is 13.8. The molecule has 1 aromatic carbocycles. The lowest BCUT2D eigenvalue weighted by Crippen LogP contribution is -2.50. The lowest BCUT2D eigenvalue weighted by molar-refractivity contribution is 0.275. The summed E-state index contributed by atoms with van der Waals surface area (Å²) in [4.78, 5) is 4.74. The number of nitrogens with zero attached hydrogens (tertiary/aromatic N) is 2. The van der Waals surface area contributed by atoms with E-state index in [0.29, 0.717) is 12.6 Å². The molecule has 1 heterocycles. The van der Waals surface area contributed by atoms with Crippen molar-refractivity contribution in [2.75, 3.05) is 43.9 Å². The summed E-state index contributed by atoms with van der Waals surface area (Å²) in [6.07, 6.45) is 0.995. The third kappa shape index (κ3) is 3.13. The van der Waals surface area contributed by atoms with Gasteiger partial charge in [-0.1, -0.05) is 13.0 Å². The molecule has 0 spiro atoms. The molecule has 1 aliphatic rings. The molecule has 19 heavy (non-hydrogen) atoms. The summed E-state index contributed by atoms with van der Waals surface area (Å²) in [6.45, 7) is 8.21. The van der Waals surface area contributed by atoms with Crippen LogP contribution >= 0.6 is 0 Å². The molecule has 2 N–H and O–H groups in total. The Balaban J connectivity index is 2.19. The van der Waals surface area contributed by atoms with Gasteiger partial charge < -0.3 is 20.3 Å². The minimum atomic E-state index is 0.475. The van der Waals surface area contributed by atoms with Gasteiger partial charge in [-0.15, -0.1) is 0 Å². The highest BCUT2D eigenvalue weighted by atomic mass is 16.5. The zero-order valence-electron chi connectivity index (χ0n) is 12.2. The largest absolute Gasteiger partial charge is 0.491 e. The lowest BCUT2D eigenvalue weighted by atomic mass is 10.1. The Morgan fingerprint density at radius 1 is 1.37 bits per heavy atom. The number of likely N-dealkylation sites (N-methyl/N-ethyl adjacent to an activating group) is 1. The van der Waals surface area contributed by atoms with Crippen molar-refractivity contribution in [3.8, 4) is 5.75 Å². The van der Waals surface area contributed by atoms with Crippen LogP contribution in [-0.4, -0.2) is 44.2 Å². The van der Waals surface area contributed by atoms with Gasteiger partial charge in [-0.2, -0.15) is 0 Å². The summed E-state index contributed by atoms with van der Waals surface area (Å²) in [7, 11) is 2.16. The number of nitrogens with two attached hydrogens (primary N) is 1. The van der Waals surface area contributed by atoms with Crippen molar-refractivity contribution in [2.24, 2.45) is 0 Å². The van der Waals surface area contributed by atoms with E-state index in [-0.39, 0.29) is 0 Å². The summed E-state index contributed by atoms with van der Waals surface area (Å²) in [5.41, 5.74) is 8.15. The Morgan fingerprint density at radius 3 is 2.84 bits per heavy atom. The van der Waals surface area contributed by atoms with Crippen LogP contribution in [0.1, 0.15) is 20.3 Å². The molecule has 0 aliphatic carbocycles.